The minimum absolute atomic E-state index is 0.970. The molecule has 1 nitrogen and oxygen atoms in total. The fraction of sp³-hybridized carbons (Fsp3) is 0. The van der Waals surface area contributed by atoms with Gasteiger partial charge in [0.15, 0.2) is 0 Å². The van der Waals surface area contributed by atoms with Gasteiger partial charge in [-0.3, -0.25) is 0 Å². The first-order valence-corrected chi connectivity index (χ1v) is 4.59. The van der Waals surface area contributed by atoms with Crippen LogP contribution in [0.1, 0.15) is 5.56 Å². The molecule has 0 fully saturated rings. The van der Waals surface area contributed by atoms with Gasteiger partial charge in [0, 0.05) is 0 Å². The van der Waals surface area contributed by atoms with E-state index >= 15 is 0 Å². The molecule has 50 valence electrons. The first kappa shape index (κ1) is 7.55. The van der Waals surface area contributed by atoms with E-state index in [2.05, 4.69) is 16.1 Å². The van der Waals surface area contributed by atoms with Gasteiger partial charge in [-0.1, -0.05) is 0 Å². The first-order valence-electron chi connectivity index (χ1n) is 2.89. The molecular weight excluding hydrogens is 294 g/mol. The molecule has 0 unspecified atom stereocenters. The van der Waals surface area contributed by atoms with Crippen LogP contribution in [0.3, 0.4) is 0 Å². The average Bonchev–Trinajstić information content (AvgIpc) is 2.04. The Morgan fingerprint density at radius 3 is 2.60 bits per heavy atom. The average molecular weight is 301 g/mol. The van der Waals surface area contributed by atoms with Crippen molar-refractivity contribution in [2.24, 2.45) is 4.99 Å². The standard InChI is InChI=1S/C8H7N.W/c1-7-5-3-4-6-8(7)9-2;/h1,3-6H,2H2;. The summed E-state index contributed by atoms with van der Waals surface area (Å²) in [5, 5.41) is 0. The molecule has 0 aromatic heterocycles. The summed E-state index contributed by atoms with van der Waals surface area (Å²) in [4.78, 5) is 3.87. The van der Waals surface area contributed by atoms with Crippen LogP contribution in [0, 0.1) is 0 Å². The Kier molecular flexibility index (Phi) is 2.70. The fourth-order valence-corrected chi connectivity index (χ4v) is 1.45. The van der Waals surface area contributed by atoms with Gasteiger partial charge in [0.05, 0.1) is 0 Å². The third-order valence-corrected chi connectivity index (χ3v) is 2.15. The topological polar surface area (TPSA) is 12.4 Å². The van der Waals surface area contributed by atoms with Crippen LogP contribution in [0.2, 0.25) is 0 Å². The number of aliphatic imine (C=N–C) groups is 1. The predicted octanol–water partition coefficient (Wildman–Crippen LogP) is 1.72. The molecular formula is C8H7NW. The monoisotopic (exact) mass is 301 g/mol. The van der Waals surface area contributed by atoms with Crippen LogP contribution >= 0.6 is 0 Å². The van der Waals surface area contributed by atoms with Crippen LogP contribution in [0.15, 0.2) is 29.3 Å². The van der Waals surface area contributed by atoms with Crippen LogP contribution < -0.4 is 0 Å². The molecule has 1 aromatic rings. The van der Waals surface area contributed by atoms with E-state index in [1.807, 2.05) is 24.3 Å². The summed E-state index contributed by atoms with van der Waals surface area (Å²) in [6, 6.07) is 7.97. The van der Waals surface area contributed by atoms with Crippen LogP contribution in [-0.2, 0) is 19.4 Å². The number of para-hydroxylation sites is 1. The zero-order chi connectivity index (χ0) is 7.40. The molecule has 0 bridgehead atoms. The summed E-state index contributed by atoms with van der Waals surface area (Å²) in [5.74, 6) is 0. The maximum absolute atomic E-state index is 3.87. The second-order valence-electron chi connectivity index (χ2n) is 1.83. The molecule has 10 heavy (non-hydrogen) atoms. The molecule has 2 heteroatoms. The van der Waals surface area contributed by atoms with E-state index in [4.69, 9.17) is 0 Å². The van der Waals surface area contributed by atoms with E-state index in [-0.39, 0.29) is 0 Å². The number of rotatable bonds is 2. The normalized spacial score (nSPS) is 8.80. The van der Waals surface area contributed by atoms with E-state index in [1.165, 1.54) is 24.9 Å². The van der Waals surface area contributed by atoms with Crippen molar-refractivity contribution in [3.8, 4) is 0 Å². The van der Waals surface area contributed by atoms with Crippen molar-refractivity contribution in [3.05, 3.63) is 29.8 Å². The van der Waals surface area contributed by atoms with Crippen LogP contribution in [-0.4, -0.2) is 11.1 Å². The van der Waals surface area contributed by atoms with Crippen molar-refractivity contribution in [2.45, 2.75) is 0 Å². The molecule has 0 spiro atoms. The van der Waals surface area contributed by atoms with E-state index in [0.717, 1.165) is 5.69 Å². The van der Waals surface area contributed by atoms with E-state index < -0.39 is 0 Å². The molecule has 0 atom stereocenters. The van der Waals surface area contributed by atoms with Crippen LogP contribution in [0.4, 0.5) is 5.69 Å². The van der Waals surface area contributed by atoms with Gasteiger partial charge in [-0.15, -0.1) is 0 Å². The van der Waals surface area contributed by atoms with Crippen molar-refractivity contribution in [3.63, 3.8) is 0 Å². The Morgan fingerprint density at radius 2 is 2.10 bits per heavy atom. The third kappa shape index (κ3) is 1.48. The van der Waals surface area contributed by atoms with Gasteiger partial charge in [0.25, 0.3) is 0 Å². The molecule has 0 aliphatic carbocycles. The van der Waals surface area contributed by atoms with E-state index in [9.17, 15) is 0 Å². The molecule has 1 aromatic carbocycles. The molecule has 0 N–H and O–H groups in total. The Labute approximate surface area is 71.2 Å². The summed E-state index contributed by atoms with van der Waals surface area (Å²) in [6.45, 7) is 3.48. The quantitative estimate of drug-likeness (QED) is 0.738. The van der Waals surface area contributed by atoms with E-state index in [0.29, 0.717) is 0 Å². The maximum atomic E-state index is 3.87. The predicted molar refractivity (Wildman–Crippen MR) is 40.8 cm³/mol. The summed E-state index contributed by atoms with van der Waals surface area (Å²) < 4.78 is 2.10. The molecule has 0 amide bonds. The van der Waals surface area contributed by atoms with Gasteiger partial charge in [0.2, 0.25) is 0 Å². The van der Waals surface area contributed by atoms with Gasteiger partial charge >= 0.3 is 71.0 Å². The second-order valence-corrected chi connectivity index (χ2v) is 2.68. The molecule has 0 heterocycles. The van der Waals surface area contributed by atoms with Gasteiger partial charge in [-0.05, 0) is 0 Å². The third-order valence-electron chi connectivity index (χ3n) is 1.23. The molecule has 0 radical (unpaired) electrons. The van der Waals surface area contributed by atoms with Gasteiger partial charge in [0.1, 0.15) is 0 Å². The molecule has 1 rings (SSSR count). The van der Waals surface area contributed by atoms with Crippen LogP contribution in [0.5, 0.6) is 0 Å². The zero-order valence-electron chi connectivity index (χ0n) is 5.45. The van der Waals surface area contributed by atoms with Crippen molar-refractivity contribution in [1.82, 2.24) is 0 Å². The zero-order valence-corrected chi connectivity index (χ0v) is 8.38. The molecule has 0 saturated heterocycles. The van der Waals surface area contributed by atoms with Gasteiger partial charge in [-0.25, -0.2) is 0 Å². The summed E-state index contributed by atoms with van der Waals surface area (Å²) in [7, 11) is 0. The summed E-state index contributed by atoms with van der Waals surface area (Å²) in [6.07, 6.45) is 0. The number of nitrogens with zero attached hydrogens (tertiary/aromatic N) is 1. The Balaban J connectivity index is 3.20. The van der Waals surface area contributed by atoms with Crippen molar-refractivity contribution in [1.29, 1.82) is 0 Å². The van der Waals surface area contributed by atoms with Gasteiger partial charge < -0.3 is 0 Å². The number of benzene rings is 1. The summed E-state index contributed by atoms with van der Waals surface area (Å²) in [5.41, 5.74) is 2.14. The second kappa shape index (κ2) is 3.58. The van der Waals surface area contributed by atoms with Crippen molar-refractivity contribution < 1.29 is 19.4 Å². The fourth-order valence-electron chi connectivity index (χ4n) is 0.731. The van der Waals surface area contributed by atoms with Gasteiger partial charge in [-0.2, -0.15) is 0 Å². The molecule has 0 aliphatic rings. The Bertz CT molecular complexity index is 228. The SMILES string of the molecule is C=Nc1ccccc1[CH]=[W]. The molecule has 0 saturated carbocycles. The Morgan fingerprint density at radius 1 is 1.40 bits per heavy atom. The van der Waals surface area contributed by atoms with E-state index in [1.54, 1.807) is 0 Å². The Hall–Kier alpha value is -0.552. The molecule has 0 aliphatic heterocycles. The number of hydrogen-bond acceptors (Lipinski definition) is 1. The van der Waals surface area contributed by atoms with Crippen LogP contribution in [0.25, 0.3) is 0 Å². The van der Waals surface area contributed by atoms with Crippen molar-refractivity contribution in [2.75, 3.05) is 0 Å². The first-order chi connectivity index (χ1) is 4.88. The number of hydrogen-bond donors (Lipinski definition) is 0. The summed E-state index contributed by atoms with van der Waals surface area (Å²) >= 11 is 1.44. The minimum atomic E-state index is 0.970. The van der Waals surface area contributed by atoms with Crippen molar-refractivity contribution >= 4 is 16.8 Å².